The summed E-state index contributed by atoms with van der Waals surface area (Å²) in [6.45, 7) is 4.09. The van der Waals surface area contributed by atoms with Crippen LogP contribution in [0, 0.1) is 13.8 Å². The number of pyridine rings is 1. The Morgan fingerprint density at radius 1 is 1.00 bits per heavy atom. The lowest BCUT2D eigenvalue weighted by Crippen LogP contribution is -2.38. The van der Waals surface area contributed by atoms with Gasteiger partial charge in [0.05, 0.1) is 42.0 Å². The maximum Gasteiger partial charge on any atom is 0.226 e. The number of fused-ring (bicyclic) bond motifs is 4. The average molecular weight is 483 g/mol. The first-order valence-electron chi connectivity index (χ1n) is 12.8. The molecule has 1 aliphatic carbocycles. The smallest absolute Gasteiger partial charge is 0.226 e. The van der Waals surface area contributed by atoms with Crippen LogP contribution in [0.3, 0.4) is 0 Å². The molecule has 0 radical (unpaired) electrons. The minimum Gasteiger partial charge on any atom is -0.480 e. The van der Waals surface area contributed by atoms with Gasteiger partial charge in [-0.15, -0.1) is 0 Å². The highest BCUT2D eigenvalue weighted by molar-refractivity contribution is 5.74. The number of hydrogen-bond acceptors (Lipinski definition) is 7. The van der Waals surface area contributed by atoms with Crippen LogP contribution in [0.25, 0.3) is 16.9 Å². The molecule has 2 aliphatic heterocycles. The van der Waals surface area contributed by atoms with Crippen molar-refractivity contribution in [2.24, 2.45) is 7.05 Å². The van der Waals surface area contributed by atoms with Gasteiger partial charge in [0.25, 0.3) is 0 Å². The van der Waals surface area contributed by atoms with Crippen molar-refractivity contribution in [3.05, 3.63) is 59.1 Å². The standard InChI is InChI=1S/C27H30N8O/c1-15-11-16(2)35(31-15)19-8-10-22(28-13-19)34-18-7-9-20(34)23-21(12-18)33(3)32-26(23)24-25(17-5-6-17)29-14-30-27(24)36-4/h8,10-11,13-14,17-18,20H,5-7,9,12H2,1-4H3. The van der Waals surface area contributed by atoms with Crippen LogP contribution in [0.15, 0.2) is 30.7 Å². The molecule has 2 unspecified atom stereocenters. The first kappa shape index (κ1) is 21.5. The lowest BCUT2D eigenvalue weighted by atomic mass is 9.93. The number of aryl methyl sites for hydroxylation is 3. The zero-order valence-corrected chi connectivity index (χ0v) is 21.1. The van der Waals surface area contributed by atoms with Crippen LogP contribution in [0.1, 0.15) is 66.0 Å². The van der Waals surface area contributed by atoms with E-state index >= 15 is 0 Å². The predicted octanol–water partition coefficient (Wildman–Crippen LogP) is 4.23. The maximum atomic E-state index is 5.74. The van der Waals surface area contributed by atoms with E-state index in [0.29, 0.717) is 17.8 Å². The van der Waals surface area contributed by atoms with Crippen LogP contribution < -0.4 is 9.64 Å². The summed E-state index contributed by atoms with van der Waals surface area (Å²) in [7, 11) is 3.75. The van der Waals surface area contributed by atoms with Crippen molar-refractivity contribution in [3.63, 3.8) is 0 Å². The van der Waals surface area contributed by atoms with E-state index in [1.807, 2.05) is 17.8 Å². The van der Waals surface area contributed by atoms with Gasteiger partial charge in [-0.1, -0.05) is 0 Å². The first-order valence-corrected chi connectivity index (χ1v) is 12.8. The maximum absolute atomic E-state index is 5.74. The third-order valence-corrected chi connectivity index (χ3v) is 7.96. The Hall–Kier alpha value is -3.75. The van der Waals surface area contributed by atoms with Gasteiger partial charge < -0.3 is 9.64 Å². The molecule has 0 spiro atoms. The SMILES string of the molecule is COc1ncnc(C2CC2)c1-c1nn(C)c2c1C1CCC(C2)N1c1ccc(-n2nc(C)cc2C)cn1. The fourth-order valence-electron chi connectivity index (χ4n) is 6.26. The van der Waals surface area contributed by atoms with Gasteiger partial charge in [-0.25, -0.2) is 19.6 Å². The van der Waals surface area contributed by atoms with Crippen LogP contribution in [0.2, 0.25) is 0 Å². The molecule has 36 heavy (non-hydrogen) atoms. The highest BCUT2D eigenvalue weighted by Crippen LogP contribution is 2.52. The van der Waals surface area contributed by atoms with E-state index in [0.717, 1.165) is 71.9 Å². The summed E-state index contributed by atoms with van der Waals surface area (Å²) in [4.78, 5) is 16.6. The van der Waals surface area contributed by atoms with Gasteiger partial charge in [-0.3, -0.25) is 4.68 Å². The molecule has 4 aromatic rings. The molecule has 184 valence electrons. The molecular formula is C27H30N8O. The molecule has 2 fully saturated rings. The monoisotopic (exact) mass is 482 g/mol. The molecule has 1 saturated heterocycles. The Bertz CT molecular complexity index is 1470. The fourth-order valence-corrected chi connectivity index (χ4v) is 6.26. The van der Waals surface area contributed by atoms with Crippen molar-refractivity contribution in [2.45, 2.75) is 64.0 Å². The molecule has 1 saturated carbocycles. The number of methoxy groups -OCH3 is 1. The van der Waals surface area contributed by atoms with Crippen LogP contribution >= 0.6 is 0 Å². The highest BCUT2D eigenvalue weighted by atomic mass is 16.5. The largest absolute Gasteiger partial charge is 0.480 e. The molecule has 2 bridgehead atoms. The molecule has 7 rings (SSSR count). The quantitative estimate of drug-likeness (QED) is 0.421. The van der Waals surface area contributed by atoms with E-state index in [-0.39, 0.29) is 6.04 Å². The molecule has 2 atom stereocenters. The fraction of sp³-hybridized carbons (Fsp3) is 0.444. The van der Waals surface area contributed by atoms with Gasteiger partial charge in [-0.05, 0) is 57.7 Å². The third-order valence-electron chi connectivity index (χ3n) is 7.96. The molecule has 9 heteroatoms. The summed E-state index contributed by atoms with van der Waals surface area (Å²) in [6.07, 6.45) is 9.04. The van der Waals surface area contributed by atoms with Gasteiger partial charge in [-0.2, -0.15) is 10.2 Å². The summed E-state index contributed by atoms with van der Waals surface area (Å²) in [5.74, 6) is 2.09. The summed E-state index contributed by atoms with van der Waals surface area (Å²) < 4.78 is 9.76. The van der Waals surface area contributed by atoms with Gasteiger partial charge in [0.2, 0.25) is 5.88 Å². The van der Waals surface area contributed by atoms with E-state index in [9.17, 15) is 0 Å². The second-order valence-electron chi connectivity index (χ2n) is 10.3. The molecular weight excluding hydrogens is 452 g/mol. The number of anilines is 1. The summed E-state index contributed by atoms with van der Waals surface area (Å²) in [5, 5.41) is 9.67. The molecule has 3 aliphatic rings. The molecule has 4 aromatic heterocycles. The van der Waals surface area contributed by atoms with Crippen molar-refractivity contribution < 1.29 is 4.74 Å². The number of aromatic nitrogens is 7. The Morgan fingerprint density at radius 2 is 1.86 bits per heavy atom. The van der Waals surface area contributed by atoms with E-state index < -0.39 is 0 Å². The van der Waals surface area contributed by atoms with Crippen LogP contribution in [0.4, 0.5) is 5.82 Å². The lowest BCUT2D eigenvalue weighted by molar-refractivity contribution is 0.397. The Balaban J connectivity index is 1.31. The lowest BCUT2D eigenvalue weighted by Gasteiger charge is -2.36. The third kappa shape index (κ3) is 3.18. The van der Waals surface area contributed by atoms with Crippen molar-refractivity contribution in [1.29, 1.82) is 0 Å². The normalized spacial score (nSPS) is 20.6. The molecule has 6 heterocycles. The Labute approximate surface area is 210 Å². The second-order valence-corrected chi connectivity index (χ2v) is 10.3. The number of rotatable bonds is 5. The Kier molecular flexibility index (Phi) is 4.71. The predicted molar refractivity (Wildman–Crippen MR) is 136 cm³/mol. The van der Waals surface area contributed by atoms with E-state index in [2.05, 4.69) is 51.8 Å². The van der Waals surface area contributed by atoms with Gasteiger partial charge in [0.1, 0.15) is 17.8 Å². The van der Waals surface area contributed by atoms with Crippen LogP contribution in [-0.2, 0) is 13.5 Å². The van der Waals surface area contributed by atoms with E-state index in [1.54, 1.807) is 13.4 Å². The highest BCUT2D eigenvalue weighted by Gasteiger charge is 2.45. The minimum absolute atomic E-state index is 0.214. The van der Waals surface area contributed by atoms with Gasteiger partial charge in [0, 0.05) is 42.4 Å². The van der Waals surface area contributed by atoms with Crippen molar-refractivity contribution >= 4 is 5.82 Å². The molecule has 9 nitrogen and oxygen atoms in total. The van der Waals surface area contributed by atoms with E-state index in [1.165, 1.54) is 11.3 Å². The van der Waals surface area contributed by atoms with Crippen molar-refractivity contribution in [3.8, 4) is 22.8 Å². The zero-order valence-electron chi connectivity index (χ0n) is 21.1. The minimum atomic E-state index is 0.214. The number of ether oxygens (including phenoxy) is 1. The zero-order chi connectivity index (χ0) is 24.6. The topological polar surface area (TPSA) is 86.8 Å². The summed E-state index contributed by atoms with van der Waals surface area (Å²) in [6, 6.07) is 6.98. The van der Waals surface area contributed by atoms with Gasteiger partial charge >= 0.3 is 0 Å². The summed E-state index contributed by atoms with van der Waals surface area (Å²) in [5.41, 5.74) is 8.70. The van der Waals surface area contributed by atoms with Crippen molar-refractivity contribution in [1.82, 2.24) is 34.5 Å². The Morgan fingerprint density at radius 3 is 2.56 bits per heavy atom. The first-order chi connectivity index (χ1) is 17.5. The molecule has 0 amide bonds. The van der Waals surface area contributed by atoms with Crippen LogP contribution in [0.5, 0.6) is 5.88 Å². The molecule has 0 aromatic carbocycles. The number of nitrogens with zero attached hydrogens (tertiary/aromatic N) is 8. The number of hydrogen-bond donors (Lipinski definition) is 0. The van der Waals surface area contributed by atoms with E-state index in [4.69, 9.17) is 19.8 Å². The van der Waals surface area contributed by atoms with Gasteiger partial charge in [0.15, 0.2) is 0 Å². The summed E-state index contributed by atoms with van der Waals surface area (Å²) >= 11 is 0. The second kappa shape index (κ2) is 7.88. The molecule has 0 N–H and O–H groups in total. The average Bonchev–Trinajstić information content (AvgIpc) is 3.52. The van der Waals surface area contributed by atoms with Crippen LogP contribution in [-0.4, -0.2) is 47.7 Å². The van der Waals surface area contributed by atoms with Crippen molar-refractivity contribution in [2.75, 3.05) is 12.0 Å².